The van der Waals surface area contributed by atoms with Gasteiger partial charge in [-0.1, -0.05) is 0 Å². The Hall–Kier alpha value is -0.800. The molecule has 1 aromatic heterocycles. The largest absolute Gasteiger partial charge is 0.469 e. The molecule has 3 atom stereocenters. The first kappa shape index (κ1) is 13.6. The van der Waals surface area contributed by atoms with Crippen molar-refractivity contribution in [1.29, 1.82) is 0 Å². The van der Waals surface area contributed by atoms with E-state index >= 15 is 0 Å². The molecule has 3 unspecified atom stereocenters. The molecule has 0 radical (unpaired) electrons. The van der Waals surface area contributed by atoms with E-state index in [0.717, 1.165) is 12.2 Å². The van der Waals surface area contributed by atoms with Gasteiger partial charge in [0.25, 0.3) is 0 Å². The van der Waals surface area contributed by atoms with E-state index in [1.165, 1.54) is 25.8 Å². The summed E-state index contributed by atoms with van der Waals surface area (Å²) in [6, 6.07) is 6.07. The lowest BCUT2D eigenvalue weighted by Gasteiger charge is -2.41. The predicted molar refractivity (Wildman–Crippen MR) is 74.7 cm³/mol. The molecule has 18 heavy (non-hydrogen) atoms. The maximum atomic E-state index is 5.40. The van der Waals surface area contributed by atoms with Gasteiger partial charge in [-0.2, -0.15) is 0 Å². The van der Waals surface area contributed by atoms with E-state index < -0.39 is 0 Å². The number of nitrogens with zero attached hydrogens (tertiary/aromatic N) is 1. The molecule has 1 fully saturated rings. The molecule has 0 saturated carbocycles. The van der Waals surface area contributed by atoms with Crippen LogP contribution in [0.2, 0.25) is 0 Å². The molecule has 1 aliphatic rings. The van der Waals surface area contributed by atoms with E-state index in [1.54, 1.807) is 6.26 Å². The highest BCUT2D eigenvalue weighted by atomic mass is 16.3. The van der Waals surface area contributed by atoms with E-state index in [2.05, 4.69) is 37.2 Å². The van der Waals surface area contributed by atoms with Gasteiger partial charge in [-0.05, 0) is 52.3 Å². The molecule has 2 heterocycles. The van der Waals surface area contributed by atoms with Crippen LogP contribution in [0.3, 0.4) is 0 Å². The summed E-state index contributed by atoms with van der Waals surface area (Å²) in [6.45, 7) is 5.91. The third-order valence-corrected chi connectivity index (χ3v) is 4.29. The van der Waals surface area contributed by atoms with E-state index in [9.17, 15) is 0 Å². The fraction of sp³-hybridized carbons (Fsp3) is 0.733. The van der Waals surface area contributed by atoms with Gasteiger partial charge in [-0.25, -0.2) is 0 Å². The molecular formula is C15H26N2O. The van der Waals surface area contributed by atoms with Crippen molar-refractivity contribution in [2.45, 2.75) is 57.7 Å². The zero-order chi connectivity index (χ0) is 13.0. The Bertz CT molecular complexity index is 336. The van der Waals surface area contributed by atoms with Crippen molar-refractivity contribution in [3.8, 4) is 0 Å². The van der Waals surface area contributed by atoms with Gasteiger partial charge in [-0.15, -0.1) is 0 Å². The predicted octanol–water partition coefficient (Wildman–Crippen LogP) is 2.67. The first-order chi connectivity index (χ1) is 8.70. The molecule has 2 rings (SSSR count). The molecule has 1 aliphatic heterocycles. The maximum absolute atomic E-state index is 5.40. The first-order valence-corrected chi connectivity index (χ1v) is 7.16. The van der Waals surface area contributed by atoms with E-state index in [0.29, 0.717) is 18.1 Å². The normalized spacial score (nSPS) is 27.3. The van der Waals surface area contributed by atoms with E-state index in [-0.39, 0.29) is 0 Å². The number of hydrogen-bond acceptors (Lipinski definition) is 3. The van der Waals surface area contributed by atoms with Crippen LogP contribution in [-0.2, 0) is 6.42 Å². The SMILES string of the molecule is CNC1CCN(C(C)CCc2ccco2)C(C)C1. The molecule has 1 N–H and O–H groups in total. The molecule has 3 heteroatoms. The van der Waals surface area contributed by atoms with Gasteiger partial charge in [0, 0.05) is 31.1 Å². The van der Waals surface area contributed by atoms with Gasteiger partial charge in [0.15, 0.2) is 0 Å². The highest BCUT2D eigenvalue weighted by Gasteiger charge is 2.27. The van der Waals surface area contributed by atoms with Crippen molar-refractivity contribution in [1.82, 2.24) is 10.2 Å². The maximum Gasteiger partial charge on any atom is 0.103 e. The monoisotopic (exact) mass is 250 g/mol. The number of piperidine rings is 1. The van der Waals surface area contributed by atoms with E-state index in [1.807, 2.05) is 6.07 Å². The minimum Gasteiger partial charge on any atom is -0.469 e. The van der Waals surface area contributed by atoms with Crippen molar-refractivity contribution in [3.63, 3.8) is 0 Å². The molecule has 0 spiro atoms. The molecule has 0 amide bonds. The van der Waals surface area contributed by atoms with Gasteiger partial charge in [0.2, 0.25) is 0 Å². The molecule has 0 bridgehead atoms. The Balaban J connectivity index is 1.80. The van der Waals surface area contributed by atoms with Gasteiger partial charge in [-0.3, -0.25) is 4.90 Å². The second-order valence-corrected chi connectivity index (χ2v) is 5.56. The molecule has 3 nitrogen and oxygen atoms in total. The highest BCUT2D eigenvalue weighted by Crippen LogP contribution is 2.21. The van der Waals surface area contributed by atoms with Gasteiger partial charge < -0.3 is 9.73 Å². The Kier molecular flexibility index (Phi) is 4.84. The van der Waals surface area contributed by atoms with Crippen LogP contribution in [0.4, 0.5) is 0 Å². The standard InChI is InChI=1S/C15H26N2O/c1-12(6-7-15-5-4-10-18-15)17-9-8-14(16-3)11-13(17)2/h4-5,10,12-14,16H,6-9,11H2,1-3H3. The Morgan fingerprint density at radius 1 is 1.56 bits per heavy atom. The molecule has 0 aliphatic carbocycles. The molecule has 1 aromatic rings. The third kappa shape index (κ3) is 3.36. The summed E-state index contributed by atoms with van der Waals surface area (Å²) in [5.41, 5.74) is 0. The Morgan fingerprint density at radius 3 is 3.00 bits per heavy atom. The number of aryl methyl sites for hydroxylation is 1. The van der Waals surface area contributed by atoms with Crippen LogP contribution >= 0.6 is 0 Å². The van der Waals surface area contributed by atoms with Crippen LogP contribution in [0.25, 0.3) is 0 Å². The summed E-state index contributed by atoms with van der Waals surface area (Å²) < 4.78 is 5.40. The summed E-state index contributed by atoms with van der Waals surface area (Å²) >= 11 is 0. The number of furan rings is 1. The van der Waals surface area contributed by atoms with Crippen molar-refractivity contribution >= 4 is 0 Å². The number of hydrogen-bond donors (Lipinski definition) is 1. The lowest BCUT2D eigenvalue weighted by atomic mass is 9.95. The zero-order valence-electron chi connectivity index (χ0n) is 11.9. The van der Waals surface area contributed by atoms with Gasteiger partial charge >= 0.3 is 0 Å². The van der Waals surface area contributed by atoms with E-state index in [4.69, 9.17) is 4.42 Å². The lowest BCUT2D eigenvalue weighted by Crippen LogP contribution is -2.50. The topological polar surface area (TPSA) is 28.4 Å². The van der Waals surface area contributed by atoms with Crippen LogP contribution < -0.4 is 5.32 Å². The van der Waals surface area contributed by atoms with Gasteiger partial charge in [0.05, 0.1) is 6.26 Å². The molecule has 0 aromatic carbocycles. The van der Waals surface area contributed by atoms with Crippen LogP contribution in [0, 0.1) is 0 Å². The molecular weight excluding hydrogens is 224 g/mol. The van der Waals surface area contributed by atoms with Crippen molar-refractivity contribution in [3.05, 3.63) is 24.2 Å². The summed E-state index contributed by atoms with van der Waals surface area (Å²) in [5.74, 6) is 1.11. The van der Waals surface area contributed by atoms with Crippen LogP contribution in [0.1, 0.15) is 38.9 Å². The third-order valence-electron chi connectivity index (χ3n) is 4.29. The first-order valence-electron chi connectivity index (χ1n) is 7.16. The Morgan fingerprint density at radius 2 is 2.39 bits per heavy atom. The van der Waals surface area contributed by atoms with Gasteiger partial charge in [0.1, 0.15) is 5.76 Å². The quantitative estimate of drug-likeness (QED) is 0.871. The number of likely N-dealkylation sites (tertiary alicyclic amines) is 1. The van der Waals surface area contributed by atoms with Crippen molar-refractivity contribution in [2.75, 3.05) is 13.6 Å². The average Bonchev–Trinajstić information content (AvgIpc) is 2.88. The minimum atomic E-state index is 0.642. The second-order valence-electron chi connectivity index (χ2n) is 5.56. The highest BCUT2D eigenvalue weighted by molar-refractivity contribution is 4.98. The summed E-state index contributed by atoms with van der Waals surface area (Å²) in [6.07, 6.45) is 6.53. The molecule has 102 valence electrons. The summed E-state index contributed by atoms with van der Waals surface area (Å²) in [4.78, 5) is 2.65. The smallest absolute Gasteiger partial charge is 0.103 e. The number of rotatable bonds is 5. The number of nitrogens with one attached hydrogen (secondary N) is 1. The Labute approximate surface area is 111 Å². The van der Waals surface area contributed by atoms with Crippen molar-refractivity contribution in [2.24, 2.45) is 0 Å². The fourth-order valence-electron chi connectivity index (χ4n) is 3.08. The van der Waals surface area contributed by atoms with Crippen LogP contribution in [0.5, 0.6) is 0 Å². The summed E-state index contributed by atoms with van der Waals surface area (Å²) in [5, 5.41) is 3.41. The average molecular weight is 250 g/mol. The fourth-order valence-corrected chi connectivity index (χ4v) is 3.08. The molecule has 1 saturated heterocycles. The second kappa shape index (κ2) is 6.39. The van der Waals surface area contributed by atoms with Crippen molar-refractivity contribution < 1.29 is 4.42 Å². The zero-order valence-corrected chi connectivity index (χ0v) is 11.9. The lowest BCUT2D eigenvalue weighted by molar-refractivity contribution is 0.0925. The van der Waals surface area contributed by atoms with Crippen LogP contribution in [-0.4, -0.2) is 36.6 Å². The summed E-state index contributed by atoms with van der Waals surface area (Å²) in [7, 11) is 2.08. The van der Waals surface area contributed by atoms with Crippen LogP contribution in [0.15, 0.2) is 22.8 Å². The minimum absolute atomic E-state index is 0.642.